The van der Waals surface area contributed by atoms with Gasteiger partial charge in [-0.25, -0.2) is 0 Å². The van der Waals surface area contributed by atoms with Crippen molar-refractivity contribution >= 4 is 17.3 Å². The lowest BCUT2D eigenvalue weighted by Crippen LogP contribution is -2.62. The molecule has 5 nitrogen and oxygen atoms in total. The molecule has 0 spiro atoms. The minimum absolute atomic E-state index is 0.0678. The molecule has 0 bridgehead atoms. The minimum atomic E-state index is 0.0678. The minimum Gasteiger partial charge on any atom is -0.494 e. The van der Waals surface area contributed by atoms with Crippen molar-refractivity contribution in [2.24, 2.45) is 0 Å². The maximum absolute atomic E-state index is 5.92. The summed E-state index contributed by atoms with van der Waals surface area (Å²) in [5.41, 5.74) is 2.47. The fourth-order valence-electron chi connectivity index (χ4n) is 4.68. The predicted octanol–water partition coefficient (Wildman–Crippen LogP) is 4.67. The Morgan fingerprint density at radius 1 is 1.10 bits per heavy atom. The van der Waals surface area contributed by atoms with Crippen LogP contribution in [0.15, 0.2) is 48.8 Å². The van der Waals surface area contributed by atoms with Crippen LogP contribution in [0.5, 0.6) is 5.75 Å². The van der Waals surface area contributed by atoms with Gasteiger partial charge in [0.1, 0.15) is 5.75 Å². The molecule has 0 amide bonds. The van der Waals surface area contributed by atoms with Crippen LogP contribution in [0.4, 0.5) is 0 Å². The third-order valence-electron chi connectivity index (χ3n) is 5.51. The topological polar surface area (TPSA) is 49.4 Å². The summed E-state index contributed by atoms with van der Waals surface area (Å²) in [6, 6.07) is 12.7. The fourth-order valence-corrected chi connectivity index (χ4v) is 4.98. The van der Waals surface area contributed by atoms with Crippen molar-refractivity contribution in [3.05, 3.63) is 59.9 Å². The van der Waals surface area contributed by atoms with Gasteiger partial charge in [-0.05, 0) is 89.0 Å². The van der Waals surface area contributed by atoms with E-state index in [9.17, 15) is 0 Å². The number of aromatic nitrogens is 1. The Morgan fingerprint density at radius 2 is 1.74 bits per heavy atom. The zero-order chi connectivity index (χ0) is 22.5. The van der Waals surface area contributed by atoms with Crippen LogP contribution in [-0.4, -0.2) is 38.7 Å². The fraction of sp³-hybridized carbons (Fsp3) is 0.520. The van der Waals surface area contributed by atoms with Crippen LogP contribution in [0.1, 0.15) is 58.6 Å². The number of nitrogens with one attached hydrogen (secondary N) is 2. The Balaban J connectivity index is 1.74. The van der Waals surface area contributed by atoms with E-state index in [0.29, 0.717) is 19.2 Å². The van der Waals surface area contributed by atoms with Crippen LogP contribution in [0.2, 0.25) is 0 Å². The Hall–Kier alpha value is -2.18. The molecule has 1 aromatic carbocycles. The summed E-state index contributed by atoms with van der Waals surface area (Å²) in [6.45, 7) is 13.2. The van der Waals surface area contributed by atoms with Crippen molar-refractivity contribution in [3.63, 3.8) is 0 Å². The van der Waals surface area contributed by atoms with Crippen molar-refractivity contribution < 1.29 is 4.74 Å². The van der Waals surface area contributed by atoms with Gasteiger partial charge in [-0.15, -0.1) is 0 Å². The lowest BCUT2D eigenvalue weighted by Gasteiger charge is -2.47. The molecule has 1 fully saturated rings. The Labute approximate surface area is 192 Å². The van der Waals surface area contributed by atoms with E-state index in [-0.39, 0.29) is 11.1 Å². The van der Waals surface area contributed by atoms with Crippen molar-refractivity contribution in [2.75, 3.05) is 6.61 Å². The molecule has 0 radical (unpaired) electrons. The van der Waals surface area contributed by atoms with Crippen molar-refractivity contribution in [3.8, 4) is 5.75 Å². The quantitative estimate of drug-likeness (QED) is 0.611. The van der Waals surface area contributed by atoms with Gasteiger partial charge in [0.2, 0.25) is 0 Å². The molecule has 6 heteroatoms. The summed E-state index contributed by atoms with van der Waals surface area (Å²) in [5, 5.41) is 8.21. The number of thiocarbonyl (C=S) groups is 1. The van der Waals surface area contributed by atoms with Gasteiger partial charge in [-0.3, -0.25) is 4.98 Å². The van der Waals surface area contributed by atoms with Gasteiger partial charge in [0.15, 0.2) is 5.11 Å². The lowest BCUT2D eigenvalue weighted by atomic mass is 9.80. The summed E-state index contributed by atoms with van der Waals surface area (Å²) >= 11 is 5.92. The van der Waals surface area contributed by atoms with Crippen molar-refractivity contribution in [1.82, 2.24) is 20.5 Å². The predicted molar refractivity (Wildman–Crippen MR) is 131 cm³/mol. The molecule has 1 saturated heterocycles. The standard InChI is InChI=1S/C25H36N4OS/c1-6-30-22-11-9-19(10-12-22)17-29(18-20-8-7-13-26-16-20)23(31)27-21-14-24(2,3)28-25(4,5)15-21/h7-13,16,21,28H,6,14-15,17-18H2,1-5H3,(H,27,31). The SMILES string of the molecule is CCOc1ccc(CN(Cc2cccnc2)C(=S)NC2CC(C)(C)NC(C)(C)C2)cc1. The molecule has 2 aromatic rings. The van der Waals surface area contributed by atoms with E-state index in [4.69, 9.17) is 17.0 Å². The van der Waals surface area contributed by atoms with E-state index in [1.54, 1.807) is 6.20 Å². The summed E-state index contributed by atoms with van der Waals surface area (Å²) in [7, 11) is 0. The van der Waals surface area contributed by atoms with Crippen molar-refractivity contribution in [2.45, 2.75) is 77.7 Å². The van der Waals surface area contributed by atoms with Crippen LogP contribution in [-0.2, 0) is 13.1 Å². The van der Waals surface area contributed by atoms with Crippen LogP contribution in [0, 0.1) is 0 Å². The number of pyridine rings is 1. The molecule has 1 aromatic heterocycles. The number of nitrogens with zero attached hydrogens (tertiary/aromatic N) is 2. The monoisotopic (exact) mass is 440 g/mol. The summed E-state index contributed by atoms with van der Waals surface area (Å²) in [6.07, 6.45) is 5.77. The second-order valence-electron chi connectivity index (χ2n) is 9.74. The average molecular weight is 441 g/mol. The van der Waals surface area contributed by atoms with Gasteiger partial charge >= 0.3 is 0 Å². The van der Waals surface area contributed by atoms with Crippen molar-refractivity contribution in [1.29, 1.82) is 0 Å². The third kappa shape index (κ3) is 7.18. The van der Waals surface area contributed by atoms with Crippen LogP contribution < -0.4 is 15.4 Å². The number of piperidine rings is 1. The molecule has 1 aliphatic heterocycles. The van der Waals surface area contributed by atoms with E-state index in [2.05, 4.69) is 66.4 Å². The van der Waals surface area contributed by atoms with Gasteiger partial charge < -0.3 is 20.3 Å². The summed E-state index contributed by atoms with van der Waals surface area (Å²) in [4.78, 5) is 6.50. The molecule has 0 aliphatic carbocycles. The highest BCUT2D eigenvalue weighted by Crippen LogP contribution is 2.28. The van der Waals surface area contributed by atoms with Gasteiger partial charge in [0.05, 0.1) is 6.61 Å². The Bertz CT molecular complexity index is 836. The highest BCUT2D eigenvalue weighted by atomic mass is 32.1. The van der Waals surface area contributed by atoms with Gasteiger partial charge in [-0.1, -0.05) is 18.2 Å². The first kappa shape index (κ1) is 23.5. The average Bonchev–Trinajstić information content (AvgIpc) is 2.67. The van der Waals surface area contributed by atoms with E-state index in [1.807, 2.05) is 31.3 Å². The number of ether oxygens (including phenoxy) is 1. The number of benzene rings is 1. The second-order valence-corrected chi connectivity index (χ2v) is 10.1. The highest BCUT2D eigenvalue weighted by Gasteiger charge is 2.38. The van der Waals surface area contributed by atoms with Gasteiger partial charge in [0, 0.05) is 42.6 Å². The summed E-state index contributed by atoms with van der Waals surface area (Å²) < 4.78 is 5.58. The van der Waals surface area contributed by atoms with Gasteiger partial charge in [0.25, 0.3) is 0 Å². The Morgan fingerprint density at radius 3 is 2.32 bits per heavy atom. The molecular formula is C25H36N4OS. The summed E-state index contributed by atoms with van der Waals surface area (Å²) in [5.74, 6) is 0.893. The molecule has 31 heavy (non-hydrogen) atoms. The highest BCUT2D eigenvalue weighted by molar-refractivity contribution is 7.80. The third-order valence-corrected chi connectivity index (χ3v) is 5.89. The molecule has 0 atom stereocenters. The molecule has 168 valence electrons. The first-order valence-electron chi connectivity index (χ1n) is 11.1. The molecule has 0 saturated carbocycles. The first-order chi connectivity index (χ1) is 14.7. The maximum atomic E-state index is 5.92. The molecule has 3 rings (SSSR count). The zero-order valence-electron chi connectivity index (χ0n) is 19.4. The maximum Gasteiger partial charge on any atom is 0.169 e. The molecule has 1 aliphatic rings. The first-order valence-corrected chi connectivity index (χ1v) is 11.5. The molecule has 0 unspecified atom stereocenters. The van der Waals surface area contributed by atoms with E-state index in [1.165, 1.54) is 5.56 Å². The molecule has 2 N–H and O–H groups in total. The van der Waals surface area contributed by atoms with Crippen LogP contribution >= 0.6 is 12.2 Å². The van der Waals surface area contributed by atoms with E-state index >= 15 is 0 Å². The zero-order valence-corrected chi connectivity index (χ0v) is 20.3. The normalized spacial score (nSPS) is 17.7. The number of hydrogen-bond donors (Lipinski definition) is 2. The molecular weight excluding hydrogens is 404 g/mol. The second kappa shape index (κ2) is 9.96. The number of rotatable bonds is 7. The lowest BCUT2D eigenvalue weighted by molar-refractivity contribution is 0.153. The van der Waals surface area contributed by atoms with E-state index < -0.39 is 0 Å². The largest absolute Gasteiger partial charge is 0.494 e. The molecule has 2 heterocycles. The van der Waals surface area contributed by atoms with Crippen LogP contribution in [0.3, 0.4) is 0 Å². The number of hydrogen-bond acceptors (Lipinski definition) is 4. The Kier molecular flexibility index (Phi) is 7.55. The van der Waals surface area contributed by atoms with Crippen LogP contribution in [0.25, 0.3) is 0 Å². The smallest absolute Gasteiger partial charge is 0.169 e. The van der Waals surface area contributed by atoms with E-state index in [0.717, 1.165) is 35.8 Å². The van der Waals surface area contributed by atoms with Gasteiger partial charge in [-0.2, -0.15) is 0 Å².